The van der Waals surface area contributed by atoms with Crippen molar-refractivity contribution in [3.63, 3.8) is 0 Å². The van der Waals surface area contributed by atoms with Crippen LogP contribution in [0.15, 0.2) is 24.3 Å². The van der Waals surface area contributed by atoms with E-state index in [1.807, 2.05) is 32.0 Å². The van der Waals surface area contributed by atoms with E-state index in [-0.39, 0.29) is 5.91 Å². The van der Waals surface area contributed by atoms with Gasteiger partial charge in [-0.3, -0.25) is 15.6 Å². The van der Waals surface area contributed by atoms with E-state index in [2.05, 4.69) is 22.2 Å². The highest BCUT2D eigenvalue weighted by molar-refractivity contribution is 7.80. The van der Waals surface area contributed by atoms with Gasteiger partial charge in [0.25, 0.3) is 5.91 Å². The molecule has 0 radical (unpaired) electrons. The summed E-state index contributed by atoms with van der Waals surface area (Å²) in [5.41, 5.74) is 10.0. The Labute approximate surface area is 158 Å². The van der Waals surface area contributed by atoms with Gasteiger partial charge in [0.05, 0.1) is 4.88 Å². The maximum atomic E-state index is 12.4. The maximum Gasteiger partial charge on any atom is 0.279 e. The van der Waals surface area contributed by atoms with Crippen LogP contribution in [0.25, 0.3) is 0 Å². The first-order valence-electron chi connectivity index (χ1n) is 8.59. The summed E-state index contributed by atoms with van der Waals surface area (Å²) in [5, 5.41) is 3.50. The molecule has 25 heavy (non-hydrogen) atoms. The van der Waals surface area contributed by atoms with Gasteiger partial charge in [-0.1, -0.05) is 18.6 Å². The van der Waals surface area contributed by atoms with Crippen molar-refractivity contribution >= 4 is 40.3 Å². The molecule has 1 aliphatic carbocycles. The van der Waals surface area contributed by atoms with E-state index >= 15 is 0 Å². The van der Waals surface area contributed by atoms with Crippen LogP contribution in [-0.4, -0.2) is 11.0 Å². The molecule has 0 atom stereocenters. The first kappa shape index (κ1) is 17.9. The second kappa shape index (κ2) is 7.97. The number of aryl methyl sites for hydroxylation is 4. The van der Waals surface area contributed by atoms with Crippen LogP contribution in [0.2, 0.25) is 0 Å². The molecule has 3 rings (SSSR count). The summed E-state index contributed by atoms with van der Waals surface area (Å²) in [6.07, 6.45) is 5.89. The Balaban J connectivity index is 1.57. The van der Waals surface area contributed by atoms with Crippen molar-refractivity contribution < 1.29 is 4.79 Å². The van der Waals surface area contributed by atoms with Gasteiger partial charge in [0.1, 0.15) is 0 Å². The molecular weight excluding hydrogens is 350 g/mol. The monoisotopic (exact) mass is 373 g/mol. The number of anilines is 1. The minimum atomic E-state index is -0.136. The lowest BCUT2D eigenvalue weighted by molar-refractivity contribution is 0.0948. The van der Waals surface area contributed by atoms with E-state index in [4.69, 9.17) is 12.2 Å². The van der Waals surface area contributed by atoms with Gasteiger partial charge in [-0.15, -0.1) is 11.3 Å². The second-order valence-corrected chi connectivity index (χ2v) is 8.02. The number of hydrazine groups is 1. The second-order valence-electron chi connectivity index (χ2n) is 6.47. The van der Waals surface area contributed by atoms with E-state index in [0.717, 1.165) is 34.5 Å². The van der Waals surface area contributed by atoms with E-state index < -0.39 is 0 Å². The van der Waals surface area contributed by atoms with Crippen molar-refractivity contribution in [1.29, 1.82) is 0 Å². The number of rotatable bonds is 2. The predicted molar refractivity (Wildman–Crippen MR) is 108 cm³/mol. The smallest absolute Gasteiger partial charge is 0.279 e. The number of hydrogen-bond donors (Lipinski definition) is 3. The SMILES string of the molecule is Cc1ccc(C)c(NC(=S)NNC(=O)c2cc3c(s2)CCCCC3)c1. The molecule has 0 saturated heterocycles. The molecule has 1 heterocycles. The Kier molecular flexibility index (Phi) is 5.71. The predicted octanol–water partition coefficient (Wildman–Crippen LogP) is 4.27. The first-order chi connectivity index (χ1) is 12.0. The minimum absolute atomic E-state index is 0.136. The van der Waals surface area contributed by atoms with Crippen LogP contribution in [0.5, 0.6) is 0 Å². The minimum Gasteiger partial charge on any atom is -0.331 e. The molecule has 0 bridgehead atoms. The number of thiocarbonyl (C=S) groups is 1. The Bertz CT molecular complexity index is 774. The Morgan fingerprint density at radius 2 is 1.88 bits per heavy atom. The van der Waals surface area contributed by atoms with Crippen molar-refractivity contribution in [2.24, 2.45) is 0 Å². The highest BCUT2D eigenvalue weighted by atomic mass is 32.1. The third-order valence-electron chi connectivity index (χ3n) is 4.40. The summed E-state index contributed by atoms with van der Waals surface area (Å²) in [7, 11) is 0. The summed E-state index contributed by atoms with van der Waals surface area (Å²) in [6.45, 7) is 4.05. The van der Waals surface area contributed by atoms with E-state index in [9.17, 15) is 4.79 Å². The average Bonchev–Trinajstić information content (AvgIpc) is 2.87. The molecule has 2 aromatic rings. The van der Waals surface area contributed by atoms with E-state index in [1.165, 1.54) is 29.7 Å². The van der Waals surface area contributed by atoms with Crippen LogP contribution in [-0.2, 0) is 12.8 Å². The highest BCUT2D eigenvalue weighted by Gasteiger charge is 2.16. The number of thiophene rings is 1. The van der Waals surface area contributed by atoms with Crippen molar-refractivity contribution in [3.8, 4) is 0 Å². The quantitative estimate of drug-likeness (QED) is 0.418. The first-order valence-corrected chi connectivity index (χ1v) is 9.81. The molecule has 132 valence electrons. The number of carbonyl (C=O) groups is 1. The van der Waals surface area contributed by atoms with Crippen molar-refractivity contribution in [1.82, 2.24) is 10.9 Å². The fraction of sp³-hybridized carbons (Fsp3) is 0.368. The van der Waals surface area contributed by atoms with Crippen molar-refractivity contribution in [3.05, 3.63) is 50.7 Å². The van der Waals surface area contributed by atoms with Gasteiger partial charge in [-0.05, 0) is 80.6 Å². The molecule has 0 aliphatic heterocycles. The molecule has 1 amide bonds. The molecule has 1 aliphatic rings. The fourth-order valence-electron chi connectivity index (χ4n) is 2.98. The largest absolute Gasteiger partial charge is 0.331 e. The standard InChI is InChI=1S/C19H23N3OS2/c1-12-8-9-13(2)15(10-12)20-19(24)22-21-18(23)17-11-14-6-4-3-5-7-16(14)25-17/h8-11H,3-7H2,1-2H3,(H,21,23)(H2,20,22,24). The normalized spacial score (nSPS) is 13.5. The van der Waals surface area contributed by atoms with E-state index in [1.54, 1.807) is 11.3 Å². The maximum absolute atomic E-state index is 12.4. The number of amides is 1. The summed E-state index contributed by atoms with van der Waals surface area (Å²) < 4.78 is 0. The number of nitrogens with one attached hydrogen (secondary N) is 3. The molecule has 0 unspecified atom stereocenters. The van der Waals surface area contributed by atoms with Crippen LogP contribution < -0.4 is 16.2 Å². The van der Waals surface area contributed by atoms with Gasteiger partial charge in [0, 0.05) is 10.6 Å². The van der Waals surface area contributed by atoms with E-state index in [0.29, 0.717) is 5.11 Å². The summed E-state index contributed by atoms with van der Waals surface area (Å²) in [4.78, 5) is 14.5. The van der Waals surface area contributed by atoms with Crippen molar-refractivity contribution in [2.45, 2.75) is 46.0 Å². The van der Waals surface area contributed by atoms with Gasteiger partial charge < -0.3 is 5.32 Å². The van der Waals surface area contributed by atoms with Gasteiger partial charge in [-0.25, -0.2) is 0 Å². The summed E-state index contributed by atoms with van der Waals surface area (Å²) in [6, 6.07) is 8.15. The number of benzene rings is 1. The Hall–Kier alpha value is -1.92. The summed E-state index contributed by atoms with van der Waals surface area (Å²) in [5.74, 6) is -0.136. The molecular formula is C19H23N3OS2. The number of carbonyl (C=O) groups excluding carboxylic acids is 1. The molecule has 6 heteroatoms. The number of fused-ring (bicyclic) bond motifs is 1. The molecule has 3 N–H and O–H groups in total. The third-order valence-corrected chi connectivity index (χ3v) is 5.84. The number of hydrogen-bond acceptors (Lipinski definition) is 3. The van der Waals surface area contributed by atoms with Crippen LogP contribution in [0.3, 0.4) is 0 Å². The van der Waals surface area contributed by atoms with Crippen LogP contribution >= 0.6 is 23.6 Å². The van der Waals surface area contributed by atoms with Gasteiger partial charge in [0.2, 0.25) is 0 Å². The van der Waals surface area contributed by atoms with Crippen LogP contribution in [0.4, 0.5) is 5.69 Å². The topological polar surface area (TPSA) is 53.2 Å². The third kappa shape index (κ3) is 4.58. The Morgan fingerprint density at radius 3 is 2.72 bits per heavy atom. The molecule has 0 saturated carbocycles. The molecule has 4 nitrogen and oxygen atoms in total. The lowest BCUT2D eigenvalue weighted by Gasteiger charge is -2.13. The average molecular weight is 374 g/mol. The van der Waals surface area contributed by atoms with Gasteiger partial charge in [-0.2, -0.15) is 0 Å². The fourth-order valence-corrected chi connectivity index (χ4v) is 4.29. The molecule has 1 aromatic carbocycles. The Morgan fingerprint density at radius 1 is 1.08 bits per heavy atom. The van der Waals surface area contributed by atoms with Crippen LogP contribution in [0.1, 0.15) is 50.5 Å². The van der Waals surface area contributed by atoms with Gasteiger partial charge in [0.15, 0.2) is 5.11 Å². The summed E-state index contributed by atoms with van der Waals surface area (Å²) >= 11 is 6.88. The highest BCUT2D eigenvalue weighted by Crippen LogP contribution is 2.28. The molecule has 0 spiro atoms. The van der Waals surface area contributed by atoms with Gasteiger partial charge >= 0.3 is 0 Å². The lowest BCUT2D eigenvalue weighted by Crippen LogP contribution is -2.43. The van der Waals surface area contributed by atoms with Crippen molar-refractivity contribution in [2.75, 3.05) is 5.32 Å². The molecule has 1 aromatic heterocycles. The zero-order valence-corrected chi connectivity index (χ0v) is 16.2. The van der Waals surface area contributed by atoms with Crippen LogP contribution in [0, 0.1) is 13.8 Å². The zero-order valence-electron chi connectivity index (χ0n) is 14.6. The molecule has 0 fully saturated rings. The zero-order chi connectivity index (χ0) is 17.8. The lowest BCUT2D eigenvalue weighted by atomic mass is 10.1.